The maximum absolute atomic E-state index is 13.8. The normalized spacial score (nSPS) is 18.6. The highest BCUT2D eigenvalue weighted by Gasteiger charge is 2.25. The van der Waals surface area contributed by atoms with Crippen molar-refractivity contribution in [2.24, 2.45) is 11.7 Å². The van der Waals surface area contributed by atoms with Gasteiger partial charge in [0.25, 0.3) is 0 Å². The SMILES string of the molecule is Cl.NCCNC(=O)C1CCCN(Cc2cc(Br)ccc2F)C1. The smallest absolute Gasteiger partial charge is 0.224 e. The third-order valence-electron chi connectivity index (χ3n) is 3.72. The Morgan fingerprint density at radius 2 is 2.27 bits per heavy atom. The zero-order chi connectivity index (χ0) is 15.2. The van der Waals surface area contributed by atoms with Crippen molar-refractivity contribution in [3.8, 4) is 0 Å². The number of carbonyl (C=O) groups is 1. The van der Waals surface area contributed by atoms with Crippen molar-refractivity contribution in [1.29, 1.82) is 0 Å². The van der Waals surface area contributed by atoms with Crippen LogP contribution in [0.4, 0.5) is 4.39 Å². The molecule has 0 spiro atoms. The zero-order valence-electron chi connectivity index (χ0n) is 12.4. The number of rotatable bonds is 5. The molecule has 1 aromatic rings. The van der Waals surface area contributed by atoms with Crippen LogP contribution in [-0.4, -0.2) is 37.0 Å². The Labute approximate surface area is 145 Å². The van der Waals surface area contributed by atoms with E-state index in [9.17, 15) is 9.18 Å². The Morgan fingerprint density at radius 3 is 3.00 bits per heavy atom. The molecule has 0 saturated carbocycles. The number of benzene rings is 1. The van der Waals surface area contributed by atoms with Crippen molar-refractivity contribution >= 4 is 34.2 Å². The van der Waals surface area contributed by atoms with E-state index in [1.54, 1.807) is 12.1 Å². The third-order valence-corrected chi connectivity index (χ3v) is 4.21. The van der Waals surface area contributed by atoms with Gasteiger partial charge in [-0.3, -0.25) is 9.69 Å². The molecule has 1 heterocycles. The highest BCUT2D eigenvalue weighted by Crippen LogP contribution is 2.22. The summed E-state index contributed by atoms with van der Waals surface area (Å²) in [4.78, 5) is 14.1. The highest BCUT2D eigenvalue weighted by atomic mass is 79.9. The summed E-state index contributed by atoms with van der Waals surface area (Å²) in [5, 5.41) is 2.83. The molecule has 22 heavy (non-hydrogen) atoms. The lowest BCUT2D eigenvalue weighted by atomic mass is 9.96. The molecule has 3 N–H and O–H groups in total. The van der Waals surface area contributed by atoms with Gasteiger partial charge in [-0.1, -0.05) is 15.9 Å². The van der Waals surface area contributed by atoms with E-state index < -0.39 is 0 Å². The van der Waals surface area contributed by atoms with Gasteiger partial charge in [0.15, 0.2) is 0 Å². The second-order valence-corrected chi connectivity index (χ2v) is 6.31. The van der Waals surface area contributed by atoms with E-state index >= 15 is 0 Å². The average Bonchev–Trinajstić information content (AvgIpc) is 2.49. The lowest BCUT2D eigenvalue weighted by Gasteiger charge is -2.32. The van der Waals surface area contributed by atoms with Crippen LogP contribution in [-0.2, 0) is 11.3 Å². The van der Waals surface area contributed by atoms with Crippen molar-refractivity contribution in [2.75, 3.05) is 26.2 Å². The highest BCUT2D eigenvalue weighted by molar-refractivity contribution is 9.10. The van der Waals surface area contributed by atoms with Gasteiger partial charge in [0, 0.05) is 36.2 Å². The number of piperidine rings is 1. The summed E-state index contributed by atoms with van der Waals surface area (Å²) in [7, 11) is 0. The zero-order valence-corrected chi connectivity index (χ0v) is 14.8. The number of nitrogens with zero attached hydrogens (tertiary/aromatic N) is 1. The minimum atomic E-state index is -0.201. The van der Waals surface area contributed by atoms with Gasteiger partial charge in [-0.15, -0.1) is 12.4 Å². The predicted molar refractivity (Wildman–Crippen MR) is 91.4 cm³/mol. The van der Waals surface area contributed by atoms with Crippen molar-refractivity contribution in [3.05, 3.63) is 34.1 Å². The van der Waals surface area contributed by atoms with E-state index in [0.717, 1.165) is 23.9 Å². The molecular formula is C15H22BrClFN3O. The number of nitrogens with one attached hydrogen (secondary N) is 1. The van der Waals surface area contributed by atoms with E-state index in [0.29, 0.717) is 31.7 Å². The van der Waals surface area contributed by atoms with Crippen LogP contribution in [0.5, 0.6) is 0 Å². The lowest BCUT2D eigenvalue weighted by molar-refractivity contribution is -0.126. The predicted octanol–water partition coefficient (Wildman–Crippen LogP) is 2.30. The van der Waals surface area contributed by atoms with E-state index in [1.807, 2.05) is 0 Å². The monoisotopic (exact) mass is 393 g/mol. The average molecular weight is 395 g/mol. The van der Waals surface area contributed by atoms with Crippen LogP contribution in [0.3, 0.4) is 0 Å². The van der Waals surface area contributed by atoms with Gasteiger partial charge in [-0.2, -0.15) is 0 Å². The molecule has 1 amide bonds. The molecule has 1 saturated heterocycles. The van der Waals surface area contributed by atoms with Gasteiger partial charge in [-0.25, -0.2) is 4.39 Å². The quantitative estimate of drug-likeness (QED) is 0.805. The summed E-state index contributed by atoms with van der Waals surface area (Å²) in [5.74, 6) is -0.173. The molecule has 0 bridgehead atoms. The molecule has 1 aromatic carbocycles. The Balaban J connectivity index is 0.00000242. The van der Waals surface area contributed by atoms with Crippen LogP contribution in [0.15, 0.2) is 22.7 Å². The van der Waals surface area contributed by atoms with Crippen LogP contribution in [0.2, 0.25) is 0 Å². The number of carbonyl (C=O) groups excluding carboxylic acids is 1. The van der Waals surface area contributed by atoms with Gasteiger partial charge in [-0.05, 0) is 37.6 Å². The van der Waals surface area contributed by atoms with Crippen molar-refractivity contribution in [3.63, 3.8) is 0 Å². The molecule has 124 valence electrons. The number of nitrogens with two attached hydrogens (primary N) is 1. The van der Waals surface area contributed by atoms with Gasteiger partial charge in [0.1, 0.15) is 5.82 Å². The van der Waals surface area contributed by atoms with E-state index in [2.05, 4.69) is 26.1 Å². The van der Waals surface area contributed by atoms with Gasteiger partial charge >= 0.3 is 0 Å². The maximum atomic E-state index is 13.8. The molecule has 0 aromatic heterocycles. The number of likely N-dealkylation sites (tertiary alicyclic amines) is 1. The van der Waals surface area contributed by atoms with Crippen LogP contribution >= 0.6 is 28.3 Å². The van der Waals surface area contributed by atoms with Crippen LogP contribution in [0.25, 0.3) is 0 Å². The largest absolute Gasteiger partial charge is 0.355 e. The van der Waals surface area contributed by atoms with Crippen LogP contribution in [0.1, 0.15) is 18.4 Å². The van der Waals surface area contributed by atoms with Crippen molar-refractivity contribution in [2.45, 2.75) is 19.4 Å². The molecule has 0 radical (unpaired) electrons. The van der Waals surface area contributed by atoms with E-state index in [1.165, 1.54) is 6.07 Å². The summed E-state index contributed by atoms with van der Waals surface area (Å²) in [5.41, 5.74) is 6.05. The summed E-state index contributed by atoms with van der Waals surface area (Å²) in [6, 6.07) is 4.96. The molecule has 1 fully saturated rings. The molecule has 1 atom stereocenters. The minimum Gasteiger partial charge on any atom is -0.355 e. The van der Waals surface area contributed by atoms with Crippen molar-refractivity contribution < 1.29 is 9.18 Å². The Morgan fingerprint density at radius 1 is 1.50 bits per heavy atom. The van der Waals surface area contributed by atoms with E-state index in [-0.39, 0.29) is 30.0 Å². The summed E-state index contributed by atoms with van der Waals surface area (Å²) in [6.45, 7) is 3.06. The fourth-order valence-electron chi connectivity index (χ4n) is 2.66. The first-order valence-corrected chi connectivity index (χ1v) is 8.03. The molecule has 1 aliphatic heterocycles. The molecular weight excluding hydrogens is 373 g/mol. The van der Waals surface area contributed by atoms with Gasteiger partial charge in [0.2, 0.25) is 5.91 Å². The maximum Gasteiger partial charge on any atom is 0.224 e. The molecule has 7 heteroatoms. The Hall–Kier alpha value is -0.690. The van der Waals surface area contributed by atoms with Crippen LogP contribution in [0, 0.1) is 11.7 Å². The topological polar surface area (TPSA) is 58.4 Å². The minimum absolute atomic E-state index is 0. The lowest BCUT2D eigenvalue weighted by Crippen LogP contribution is -2.43. The molecule has 2 rings (SSSR count). The standard InChI is InChI=1S/C15H21BrFN3O.ClH/c16-13-3-4-14(17)12(8-13)10-20-7-1-2-11(9-20)15(21)19-6-5-18;/h3-4,8,11H,1-2,5-7,9-10,18H2,(H,19,21);1H. The Kier molecular flexibility index (Phi) is 8.31. The summed E-state index contributed by atoms with van der Waals surface area (Å²) in [6.07, 6.45) is 1.84. The number of amides is 1. The first kappa shape index (κ1) is 19.4. The fraction of sp³-hybridized carbons (Fsp3) is 0.533. The first-order valence-electron chi connectivity index (χ1n) is 7.24. The number of hydrogen-bond donors (Lipinski definition) is 2. The number of hydrogen-bond acceptors (Lipinski definition) is 3. The Bertz CT molecular complexity index is 504. The molecule has 1 unspecified atom stereocenters. The van der Waals surface area contributed by atoms with E-state index in [4.69, 9.17) is 5.73 Å². The number of halogens is 3. The first-order chi connectivity index (χ1) is 10.1. The fourth-order valence-corrected chi connectivity index (χ4v) is 3.07. The third kappa shape index (κ3) is 5.50. The van der Waals surface area contributed by atoms with Gasteiger partial charge < -0.3 is 11.1 Å². The summed E-state index contributed by atoms with van der Waals surface area (Å²) >= 11 is 3.36. The molecule has 0 aliphatic carbocycles. The second kappa shape index (κ2) is 9.45. The van der Waals surface area contributed by atoms with Crippen molar-refractivity contribution in [1.82, 2.24) is 10.2 Å². The van der Waals surface area contributed by atoms with Crippen LogP contribution < -0.4 is 11.1 Å². The molecule has 1 aliphatic rings. The second-order valence-electron chi connectivity index (χ2n) is 5.39. The molecule has 4 nitrogen and oxygen atoms in total. The summed E-state index contributed by atoms with van der Waals surface area (Å²) < 4.78 is 14.7. The van der Waals surface area contributed by atoms with Gasteiger partial charge in [0.05, 0.1) is 5.92 Å².